The zero-order chi connectivity index (χ0) is 45.1. The van der Waals surface area contributed by atoms with E-state index in [2.05, 4.69) is 44.2 Å². The summed E-state index contributed by atoms with van der Waals surface area (Å²) in [6, 6.07) is 6.14. The molecule has 3 aliphatic heterocycles. The standard InChI is InChI=1S/C49H76N2O12/c1-12-30-14-13-15-42(63-44-17-16-41(51(5)6)27(3)59-44)26(2)45(53)39-23-35-34-21-33(62-49-48(58-11)47(57-10)46(56-9)28(4)60-49)22-38(34)40(24-36(35)37(39)25-43(52)61-30)50-29-18-31(54-7)20-32(19-29)55-8/h18-20,23,26-28,30,33-38,40-42,44,46-50H,12-17,21-22,24-25H2,1-11H3/t26-,27?,28?,30+,33+,34+,35+,36-,37+,38-,40?,41+,42+,44+,46+,47?,48?,49+/m1/s1. The molecule has 3 aliphatic carbocycles. The van der Waals surface area contributed by atoms with E-state index in [9.17, 15) is 4.79 Å². The summed E-state index contributed by atoms with van der Waals surface area (Å²) in [5, 5.41) is 3.90. The van der Waals surface area contributed by atoms with Gasteiger partial charge in [-0.2, -0.15) is 0 Å². The summed E-state index contributed by atoms with van der Waals surface area (Å²) in [6.07, 6.45) is 6.08. The molecular formula is C49H76N2O12. The van der Waals surface area contributed by atoms with Crippen molar-refractivity contribution < 1.29 is 57.0 Å². The van der Waals surface area contributed by atoms with Gasteiger partial charge < -0.3 is 57.6 Å². The molecule has 3 saturated heterocycles. The van der Waals surface area contributed by atoms with Crippen molar-refractivity contribution in [2.45, 2.75) is 165 Å². The number of esters is 1. The molecule has 14 nitrogen and oxygen atoms in total. The Labute approximate surface area is 375 Å². The minimum atomic E-state index is -0.668. The third-order valence-electron chi connectivity index (χ3n) is 15.5. The number of hydrogen-bond donors (Lipinski definition) is 1. The second-order valence-corrected chi connectivity index (χ2v) is 19.3. The molecule has 2 saturated carbocycles. The van der Waals surface area contributed by atoms with Crippen LogP contribution in [0.2, 0.25) is 0 Å². The number of carbonyl (C=O) groups is 2. The van der Waals surface area contributed by atoms with Gasteiger partial charge in [0, 0.05) is 69.1 Å². The topological polar surface area (TPSA) is 142 Å². The van der Waals surface area contributed by atoms with Crippen LogP contribution in [0.5, 0.6) is 11.5 Å². The minimum absolute atomic E-state index is 0.00820. The van der Waals surface area contributed by atoms with E-state index in [1.165, 1.54) is 0 Å². The number of likely N-dealkylation sites (N-methyl/N-ethyl adjacent to an activating group) is 1. The Bertz CT molecular complexity index is 1700. The molecule has 5 fully saturated rings. The highest BCUT2D eigenvalue weighted by Crippen LogP contribution is 2.57. The number of ketones is 1. The van der Waals surface area contributed by atoms with Crippen LogP contribution in [0.25, 0.3) is 0 Å². The number of methoxy groups -OCH3 is 5. The average Bonchev–Trinajstić information content (AvgIpc) is 3.85. The fraction of sp³-hybridized carbons (Fsp3) is 0.796. The van der Waals surface area contributed by atoms with E-state index in [4.69, 9.17) is 47.4 Å². The lowest BCUT2D eigenvalue weighted by atomic mass is 9.64. The number of hydrogen-bond acceptors (Lipinski definition) is 14. The Morgan fingerprint density at radius 2 is 1.46 bits per heavy atom. The van der Waals surface area contributed by atoms with E-state index in [0.29, 0.717) is 24.0 Å². The summed E-state index contributed by atoms with van der Waals surface area (Å²) >= 11 is 0. The number of cyclic esters (lactones) is 1. The fourth-order valence-corrected chi connectivity index (χ4v) is 12.3. The smallest absolute Gasteiger partial charge is 0.306 e. The zero-order valence-electron chi connectivity index (χ0n) is 39.6. The van der Waals surface area contributed by atoms with Crippen LogP contribution >= 0.6 is 0 Å². The highest BCUT2D eigenvalue weighted by molar-refractivity contribution is 5.99. The van der Waals surface area contributed by atoms with Gasteiger partial charge in [0.25, 0.3) is 0 Å². The van der Waals surface area contributed by atoms with Gasteiger partial charge in [-0.3, -0.25) is 9.59 Å². The fourth-order valence-electron chi connectivity index (χ4n) is 12.3. The van der Waals surface area contributed by atoms with E-state index in [0.717, 1.165) is 62.6 Å². The van der Waals surface area contributed by atoms with E-state index in [1.54, 1.807) is 35.5 Å². The zero-order valence-corrected chi connectivity index (χ0v) is 39.6. The number of nitrogens with one attached hydrogen (secondary N) is 1. The summed E-state index contributed by atoms with van der Waals surface area (Å²) < 4.78 is 61.9. The molecule has 0 radical (unpaired) electrons. The SMILES string of the molecule is CC[C@H]1CCC[C@H](O[C@H]2CC[C@H](N(C)C)C(C)O2)[C@@H](C)C(=O)C2=C[C@@H]3[C@@H](CC(Nc4cc(OC)cc(OC)c4)[C@@H]4C[C@@H](O[C@@H]5OC(C)[C@H](OC)C(OC)C5OC)C[C@@H]34)[C@@H]2CC(=O)O1. The summed E-state index contributed by atoms with van der Waals surface area (Å²) in [5.41, 5.74) is 1.62. The first kappa shape index (κ1) is 48.1. The van der Waals surface area contributed by atoms with Gasteiger partial charge in [0.05, 0.1) is 45.1 Å². The van der Waals surface area contributed by atoms with Crippen LogP contribution in [-0.2, 0) is 47.5 Å². The Morgan fingerprint density at radius 1 is 0.762 bits per heavy atom. The second-order valence-electron chi connectivity index (χ2n) is 19.3. The Balaban J connectivity index is 1.20. The molecule has 5 unspecified atom stereocenters. The van der Waals surface area contributed by atoms with Crippen molar-refractivity contribution in [3.8, 4) is 11.5 Å². The van der Waals surface area contributed by atoms with E-state index >= 15 is 4.79 Å². The van der Waals surface area contributed by atoms with Crippen molar-refractivity contribution in [2.24, 2.45) is 35.5 Å². The molecule has 6 aliphatic rings. The Kier molecular flexibility index (Phi) is 16.2. The molecule has 0 bridgehead atoms. The number of rotatable bonds is 13. The molecule has 18 atom stereocenters. The Hall–Kier alpha value is -2.82. The summed E-state index contributed by atoms with van der Waals surface area (Å²) in [5.74, 6) is 0.861. The predicted molar refractivity (Wildman–Crippen MR) is 237 cm³/mol. The van der Waals surface area contributed by atoms with Crippen molar-refractivity contribution in [1.82, 2.24) is 4.90 Å². The lowest BCUT2D eigenvalue weighted by molar-refractivity contribution is -0.314. The van der Waals surface area contributed by atoms with E-state index < -0.39 is 18.3 Å². The van der Waals surface area contributed by atoms with Gasteiger partial charge in [-0.05, 0) is 115 Å². The summed E-state index contributed by atoms with van der Waals surface area (Å²) in [4.78, 5) is 31.3. The number of Topliss-reactive ketones (excluding diaryl/α,β-unsaturated/α-hetero) is 1. The van der Waals surface area contributed by atoms with Crippen LogP contribution in [0.3, 0.4) is 0 Å². The molecule has 14 heteroatoms. The number of fused-ring (bicyclic) bond motifs is 5. The van der Waals surface area contributed by atoms with Gasteiger partial charge in [-0.15, -0.1) is 0 Å². The third-order valence-corrected chi connectivity index (χ3v) is 15.5. The number of benzene rings is 1. The van der Waals surface area contributed by atoms with E-state index in [1.807, 2.05) is 32.0 Å². The summed E-state index contributed by atoms with van der Waals surface area (Å²) in [7, 11) is 12.4. The first-order chi connectivity index (χ1) is 30.3. The van der Waals surface area contributed by atoms with Crippen LogP contribution in [-0.4, -0.2) is 140 Å². The first-order valence-electron chi connectivity index (χ1n) is 23.6. The quantitative estimate of drug-likeness (QED) is 0.207. The molecule has 1 aromatic carbocycles. The van der Waals surface area contributed by atoms with Gasteiger partial charge >= 0.3 is 5.97 Å². The maximum atomic E-state index is 15.1. The predicted octanol–water partition coefficient (Wildman–Crippen LogP) is 6.82. The van der Waals surface area contributed by atoms with Gasteiger partial charge in [0.1, 0.15) is 35.9 Å². The van der Waals surface area contributed by atoms with Crippen LogP contribution in [0.15, 0.2) is 29.8 Å². The molecule has 3 heterocycles. The van der Waals surface area contributed by atoms with Crippen molar-refractivity contribution >= 4 is 17.4 Å². The molecule has 7 rings (SSSR count). The molecule has 1 N–H and O–H groups in total. The van der Waals surface area contributed by atoms with Gasteiger partial charge in [-0.1, -0.05) is 19.9 Å². The van der Waals surface area contributed by atoms with Gasteiger partial charge in [-0.25, -0.2) is 0 Å². The molecule has 0 amide bonds. The molecule has 354 valence electrons. The number of anilines is 1. The highest BCUT2D eigenvalue weighted by atomic mass is 16.7. The number of nitrogens with zero attached hydrogens (tertiary/aromatic N) is 1. The monoisotopic (exact) mass is 885 g/mol. The van der Waals surface area contributed by atoms with Crippen molar-refractivity contribution in [1.29, 1.82) is 0 Å². The normalized spacial score (nSPS) is 41.0. The van der Waals surface area contributed by atoms with Gasteiger partial charge in [0.15, 0.2) is 18.4 Å². The Morgan fingerprint density at radius 3 is 2.10 bits per heavy atom. The van der Waals surface area contributed by atoms with Crippen LogP contribution in [0.1, 0.15) is 91.9 Å². The van der Waals surface area contributed by atoms with Crippen LogP contribution in [0.4, 0.5) is 5.69 Å². The first-order valence-corrected chi connectivity index (χ1v) is 23.6. The molecule has 0 aromatic heterocycles. The number of carbonyl (C=O) groups excluding carboxylic acids is 2. The lowest BCUT2D eigenvalue weighted by Crippen LogP contribution is -2.59. The maximum absolute atomic E-state index is 15.1. The molecule has 1 aromatic rings. The highest BCUT2D eigenvalue weighted by Gasteiger charge is 2.56. The van der Waals surface area contributed by atoms with Crippen molar-refractivity contribution in [3.63, 3.8) is 0 Å². The number of ether oxygens (including phenoxy) is 10. The summed E-state index contributed by atoms with van der Waals surface area (Å²) in [6.45, 7) is 8.17. The minimum Gasteiger partial charge on any atom is -0.497 e. The maximum Gasteiger partial charge on any atom is 0.306 e. The molecular weight excluding hydrogens is 809 g/mol. The molecule has 63 heavy (non-hydrogen) atoms. The number of allylic oxidation sites excluding steroid dienone is 2. The third kappa shape index (κ3) is 10.4. The van der Waals surface area contributed by atoms with Crippen LogP contribution < -0.4 is 14.8 Å². The second kappa shape index (κ2) is 21.2. The van der Waals surface area contributed by atoms with E-state index in [-0.39, 0.29) is 103 Å². The van der Waals surface area contributed by atoms with Crippen molar-refractivity contribution in [2.75, 3.05) is 55.0 Å². The van der Waals surface area contributed by atoms with Gasteiger partial charge in [0.2, 0.25) is 0 Å². The lowest BCUT2D eigenvalue weighted by Gasteiger charge is -2.44. The average molecular weight is 885 g/mol. The van der Waals surface area contributed by atoms with Crippen LogP contribution in [0, 0.1) is 35.5 Å². The largest absolute Gasteiger partial charge is 0.497 e. The molecule has 0 spiro atoms. The van der Waals surface area contributed by atoms with Crippen molar-refractivity contribution in [3.05, 3.63) is 29.8 Å².